The third-order valence-corrected chi connectivity index (χ3v) is 12.3. The standard InChI is InChI=1S/C52H43BN4O2/c1-51(2)32-54-49(56(51)40-12-7-5-8-13-40)36-22-18-34(19-23-36)38-26-28-42-46(30-38)58-44-16-11-17-45-48(44)53(42)43-29-27-39(31-47(43)59-45)35-20-24-37(25-21-35)50-55-33-52(3,4)57(50)41-14-9-6-10-15-41/h5-31H,32-33H2,1-4H3. The molecule has 286 valence electrons. The molecule has 0 atom stereocenters. The highest BCUT2D eigenvalue weighted by Crippen LogP contribution is 2.39. The lowest BCUT2D eigenvalue weighted by Crippen LogP contribution is -2.57. The molecule has 0 unspecified atom stereocenters. The van der Waals surface area contributed by atoms with E-state index in [1.54, 1.807) is 0 Å². The van der Waals surface area contributed by atoms with E-state index in [1.165, 1.54) is 0 Å². The fourth-order valence-corrected chi connectivity index (χ4v) is 9.34. The molecular formula is C52H43BN4O2. The Morgan fingerprint density at radius 3 is 1.24 bits per heavy atom. The fraction of sp³-hybridized carbons (Fsp3) is 0.154. The Balaban J connectivity index is 0.886. The van der Waals surface area contributed by atoms with E-state index in [0.717, 1.165) is 109 Å². The van der Waals surface area contributed by atoms with Crippen LogP contribution < -0.4 is 35.7 Å². The molecule has 7 aromatic carbocycles. The third-order valence-electron chi connectivity index (χ3n) is 12.3. The SMILES string of the molecule is CC1(C)CN=C(c2ccc(-c3ccc4c(c3)Oc3cccc5c3B4c3ccc(-c4ccc(C6=NCC(C)(C)N6c6ccccc6)cc4)cc3O5)cc2)N1c1ccccc1. The summed E-state index contributed by atoms with van der Waals surface area (Å²) in [7, 11) is 0. The first-order valence-corrected chi connectivity index (χ1v) is 20.5. The van der Waals surface area contributed by atoms with Gasteiger partial charge in [0.2, 0.25) is 0 Å². The fourth-order valence-electron chi connectivity index (χ4n) is 9.34. The highest BCUT2D eigenvalue weighted by Gasteiger charge is 2.41. The van der Waals surface area contributed by atoms with Crippen LogP contribution in [0.15, 0.2) is 174 Å². The molecule has 4 aliphatic rings. The van der Waals surface area contributed by atoms with Crippen molar-refractivity contribution in [1.82, 2.24) is 0 Å². The van der Waals surface area contributed by atoms with Gasteiger partial charge in [-0.1, -0.05) is 115 Å². The Labute approximate surface area is 346 Å². The average Bonchev–Trinajstić information content (AvgIpc) is 3.77. The van der Waals surface area contributed by atoms with Gasteiger partial charge >= 0.3 is 0 Å². The molecule has 0 amide bonds. The summed E-state index contributed by atoms with van der Waals surface area (Å²) in [4.78, 5) is 14.7. The van der Waals surface area contributed by atoms with Crippen LogP contribution in [0.2, 0.25) is 0 Å². The van der Waals surface area contributed by atoms with E-state index in [9.17, 15) is 0 Å². The van der Waals surface area contributed by atoms with Crippen LogP contribution in [-0.4, -0.2) is 42.6 Å². The molecule has 59 heavy (non-hydrogen) atoms. The number of rotatable bonds is 6. The lowest BCUT2D eigenvalue weighted by Gasteiger charge is -2.34. The first kappa shape index (κ1) is 35.3. The van der Waals surface area contributed by atoms with Gasteiger partial charge in [-0.3, -0.25) is 9.98 Å². The lowest BCUT2D eigenvalue weighted by molar-refractivity contribution is 0.464. The third kappa shape index (κ3) is 5.86. The monoisotopic (exact) mass is 766 g/mol. The largest absolute Gasteiger partial charge is 0.458 e. The van der Waals surface area contributed by atoms with Crippen molar-refractivity contribution in [2.24, 2.45) is 9.98 Å². The van der Waals surface area contributed by atoms with Gasteiger partial charge in [-0.2, -0.15) is 0 Å². The molecule has 0 aliphatic carbocycles. The number of hydrogen-bond donors (Lipinski definition) is 0. The summed E-state index contributed by atoms with van der Waals surface area (Å²) in [5, 5.41) is 0. The number of amidine groups is 2. The summed E-state index contributed by atoms with van der Waals surface area (Å²) >= 11 is 0. The number of ether oxygens (including phenoxy) is 2. The quantitative estimate of drug-likeness (QED) is 0.158. The summed E-state index contributed by atoms with van der Waals surface area (Å²) in [6.45, 7) is 10.5. The van der Waals surface area contributed by atoms with Gasteiger partial charge in [-0.05, 0) is 109 Å². The second-order valence-corrected chi connectivity index (χ2v) is 17.2. The van der Waals surface area contributed by atoms with Crippen LogP contribution in [0.4, 0.5) is 11.4 Å². The Kier molecular flexibility index (Phi) is 7.99. The minimum Gasteiger partial charge on any atom is -0.458 e. The second-order valence-electron chi connectivity index (χ2n) is 17.2. The van der Waals surface area contributed by atoms with E-state index < -0.39 is 0 Å². The van der Waals surface area contributed by atoms with E-state index in [1.807, 2.05) is 6.07 Å². The Morgan fingerprint density at radius 2 is 0.814 bits per heavy atom. The molecule has 0 saturated carbocycles. The van der Waals surface area contributed by atoms with Gasteiger partial charge in [0.1, 0.15) is 34.7 Å². The molecule has 4 aliphatic heterocycles. The van der Waals surface area contributed by atoms with Gasteiger partial charge in [0, 0.05) is 28.0 Å². The van der Waals surface area contributed by atoms with E-state index >= 15 is 0 Å². The van der Waals surface area contributed by atoms with Crippen LogP contribution in [0.3, 0.4) is 0 Å². The van der Waals surface area contributed by atoms with Gasteiger partial charge in [-0.25, -0.2) is 0 Å². The number of nitrogens with zero attached hydrogens (tertiary/aromatic N) is 4. The van der Waals surface area contributed by atoms with Gasteiger partial charge in [0.15, 0.2) is 0 Å². The van der Waals surface area contributed by atoms with Crippen molar-refractivity contribution >= 4 is 46.1 Å². The first-order chi connectivity index (χ1) is 28.7. The number of para-hydroxylation sites is 2. The Hall–Kier alpha value is -6.86. The van der Waals surface area contributed by atoms with Crippen LogP contribution in [0.1, 0.15) is 38.8 Å². The van der Waals surface area contributed by atoms with Gasteiger partial charge < -0.3 is 19.3 Å². The molecule has 0 aromatic heterocycles. The average molecular weight is 767 g/mol. The molecular weight excluding hydrogens is 723 g/mol. The number of benzene rings is 7. The second kappa shape index (κ2) is 13.4. The van der Waals surface area contributed by atoms with Crippen molar-refractivity contribution in [1.29, 1.82) is 0 Å². The maximum Gasteiger partial charge on any atom is 0.260 e. The number of aliphatic imine (C=N–C) groups is 2. The van der Waals surface area contributed by atoms with Crippen molar-refractivity contribution in [3.8, 4) is 45.3 Å². The minimum atomic E-state index is -0.105. The van der Waals surface area contributed by atoms with Gasteiger partial charge in [-0.15, -0.1) is 0 Å². The zero-order valence-corrected chi connectivity index (χ0v) is 33.7. The van der Waals surface area contributed by atoms with Crippen molar-refractivity contribution in [2.45, 2.75) is 38.8 Å². The van der Waals surface area contributed by atoms with Crippen molar-refractivity contribution in [3.05, 3.63) is 175 Å². The summed E-state index contributed by atoms with van der Waals surface area (Å²) < 4.78 is 13.3. The minimum absolute atomic E-state index is 0.0121. The van der Waals surface area contributed by atoms with Crippen molar-refractivity contribution in [3.63, 3.8) is 0 Å². The summed E-state index contributed by atoms with van der Waals surface area (Å²) in [6, 6.07) is 58.1. The number of anilines is 2. The predicted octanol–water partition coefficient (Wildman–Crippen LogP) is 9.84. The molecule has 0 N–H and O–H groups in total. The zero-order valence-electron chi connectivity index (χ0n) is 33.7. The van der Waals surface area contributed by atoms with E-state index in [2.05, 4.69) is 195 Å². The van der Waals surface area contributed by atoms with E-state index in [0.29, 0.717) is 0 Å². The molecule has 7 heteroatoms. The predicted molar refractivity (Wildman–Crippen MR) is 244 cm³/mol. The first-order valence-electron chi connectivity index (χ1n) is 20.5. The number of hydrogen-bond acceptors (Lipinski definition) is 6. The normalized spacial score (nSPS) is 16.6. The Morgan fingerprint density at radius 1 is 0.424 bits per heavy atom. The summed E-state index contributed by atoms with van der Waals surface area (Å²) in [5.74, 6) is 5.42. The lowest BCUT2D eigenvalue weighted by atomic mass is 9.35. The van der Waals surface area contributed by atoms with Crippen LogP contribution >= 0.6 is 0 Å². The molecule has 4 heterocycles. The molecule has 6 nitrogen and oxygen atoms in total. The van der Waals surface area contributed by atoms with Crippen LogP contribution in [-0.2, 0) is 0 Å². The molecule has 7 aromatic rings. The topological polar surface area (TPSA) is 49.7 Å². The summed E-state index contributed by atoms with van der Waals surface area (Å²) in [5.41, 5.74) is 12.1. The molecule has 0 radical (unpaired) electrons. The zero-order chi connectivity index (χ0) is 39.9. The maximum atomic E-state index is 6.67. The van der Waals surface area contributed by atoms with E-state index in [4.69, 9.17) is 19.5 Å². The molecule has 0 bridgehead atoms. The van der Waals surface area contributed by atoms with Crippen LogP contribution in [0.5, 0.6) is 23.0 Å². The van der Waals surface area contributed by atoms with Crippen LogP contribution in [0, 0.1) is 0 Å². The molecule has 11 rings (SSSR count). The highest BCUT2D eigenvalue weighted by molar-refractivity contribution is 6.98. The van der Waals surface area contributed by atoms with Gasteiger partial charge in [0.05, 0.1) is 24.2 Å². The summed E-state index contributed by atoms with van der Waals surface area (Å²) in [6.07, 6.45) is 0. The van der Waals surface area contributed by atoms with Crippen LogP contribution in [0.25, 0.3) is 22.3 Å². The molecule has 0 spiro atoms. The number of fused-ring (bicyclic) bond motifs is 4. The Bertz CT molecular complexity index is 2640. The van der Waals surface area contributed by atoms with Crippen molar-refractivity contribution in [2.75, 3.05) is 22.9 Å². The van der Waals surface area contributed by atoms with E-state index in [-0.39, 0.29) is 17.8 Å². The molecule has 0 fully saturated rings. The highest BCUT2D eigenvalue weighted by atomic mass is 16.5. The van der Waals surface area contributed by atoms with Gasteiger partial charge in [0.25, 0.3) is 6.71 Å². The smallest absolute Gasteiger partial charge is 0.260 e. The van der Waals surface area contributed by atoms with Crippen molar-refractivity contribution < 1.29 is 9.47 Å². The molecule has 0 saturated heterocycles. The maximum absolute atomic E-state index is 6.67.